The fourth-order valence-corrected chi connectivity index (χ4v) is 7.56. The zero-order valence-electron chi connectivity index (χ0n) is 26.7. The summed E-state index contributed by atoms with van der Waals surface area (Å²) in [5, 5.41) is 31.6. The molecule has 48 heavy (non-hydrogen) atoms. The van der Waals surface area contributed by atoms with Crippen LogP contribution in [0.2, 0.25) is 5.15 Å². The van der Waals surface area contributed by atoms with Crippen LogP contribution in [0.5, 0.6) is 11.6 Å². The van der Waals surface area contributed by atoms with Gasteiger partial charge in [-0.2, -0.15) is 0 Å². The van der Waals surface area contributed by atoms with Crippen molar-refractivity contribution in [2.45, 2.75) is 44.6 Å². The molecule has 2 aromatic heterocycles. The molecule has 0 saturated heterocycles. The van der Waals surface area contributed by atoms with Crippen LogP contribution in [-0.2, 0) is 24.4 Å². The predicted molar refractivity (Wildman–Crippen MR) is 177 cm³/mol. The third-order valence-electron chi connectivity index (χ3n) is 9.78. The second-order valence-electron chi connectivity index (χ2n) is 12.4. The van der Waals surface area contributed by atoms with E-state index in [1.54, 1.807) is 7.05 Å². The van der Waals surface area contributed by atoms with Gasteiger partial charge in [-0.1, -0.05) is 79.2 Å². The van der Waals surface area contributed by atoms with E-state index in [4.69, 9.17) is 25.6 Å². The van der Waals surface area contributed by atoms with Gasteiger partial charge in [0, 0.05) is 24.1 Å². The summed E-state index contributed by atoms with van der Waals surface area (Å²) in [6, 6.07) is 18.1. The number of nitrogens with zero attached hydrogens (tertiary/aromatic N) is 3. The molecule has 0 spiro atoms. The van der Waals surface area contributed by atoms with Crippen molar-refractivity contribution in [3.05, 3.63) is 105 Å². The average Bonchev–Trinajstić information content (AvgIpc) is 3.52. The summed E-state index contributed by atoms with van der Waals surface area (Å²) in [4.78, 5) is 35.5. The molecule has 0 unspecified atom stereocenters. The highest BCUT2D eigenvalue weighted by atomic mass is 35.5. The molecule has 2 heterocycles. The number of Topliss-reactive ketones (excluding diaryl/α,β-unsaturated/α-hetero) is 2. The molecule has 3 aliphatic rings. The van der Waals surface area contributed by atoms with Gasteiger partial charge in [0.25, 0.3) is 5.88 Å². The lowest BCUT2D eigenvalue weighted by molar-refractivity contribution is -0.143. The van der Waals surface area contributed by atoms with Crippen LogP contribution >= 0.6 is 11.6 Å². The monoisotopic (exact) mass is 670 g/mol. The van der Waals surface area contributed by atoms with Gasteiger partial charge in [-0.15, -0.1) is 0 Å². The summed E-state index contributed by atoms with van der Waals surface area (Å²) < 4.78 is 17.9. The maximum absolute atomic E-state index is 14.7. The number of aromatic nitrogens is 2. The second kappa shape index (κ2) is 12.4. The fraction of sp³-hybridized carbons (Fsp3) is 0.333. The number of aliphatic hydroxyl groups is 2. The van der Waals surface area contributed by atoms with Gasteiger partial charge in [-0.05, 0) is 48.6 Å². The quantitative estimate of drug-likeness (QED) is 0.152. The minimum atomic E-state index is -2.53. The Labute approximate surface area is 282 Å². The summed E-state index contributed by atoms with van der Waals surface area (Å²) in [7, 11) is 3.48. The Hall–Kier alpha value is -4.71. The molecule has 4 atom stereocenters. The van der Waals surface area contributed by atoms with E-state index in [9.17, 15) is 19.8 Å². The molecule has 0 radical (unpaired) electrons. The largest absolute Gasteiger partial charge is 0.507 e. The normalized spacial score (nSPS) is 22.9. The highest BCUT2D eigenvalue weighted by molar-refractivity contribution is 6.31. The van der Waals surface area contributed by atoms with Crippen molar-refractivity contribution in [1.82, 2.24) is 15.0 Å². The van der Waals surface area contributed by atoms with E-state index in [1.807, 2.05) is 79.5 Å². The van der Waals surface area contributed by atoms with Crippen LogP contribution in [0.4, 0.5) is 5.82 Å². The molecule has 3 N–H and O–H groups in total. The van der Waals surface area contributed by atoms with Crippen molar-refractivity contribution in [3.8, 4) is 11.6 Å². The zero-order chi connectivity index (χ0) is 33.7. The average molecular weight is 671 g/mol. The van der Waals surface area contributed by atoms with Crippen molar-refractivity contribution < 1.29 is 33.8 Å². The lowest BCUT2D eigenvalue weighted by Gasteiger charge is -2.49. The number of ketones is 2. The number of hydrogen-bond donors (Lipinski definition) is 3. The predicted octanol–water partition coefficient (Wildman–Crippen LogP) is 5.57. The van der Waals surface area contributed by atoms with Crippen molar-refractivity contribution in [2.24, 2.45) is 11.8 Å². The van der Waals surface area contributed by atoms with E-state index in [0.717, 1.165) is 11.1 Å². The number of carbonyl (C=O) groups excluding carboxylic acids is 2. The maximum Gasteiger partial charge on any atom is 0.265 e. The molecule has 12 heteroatoms. The lowest BCUT2D eigenvalue weighted by atomic mass is 9.57. The van der Waals surface area contributed by atoms with E-state index in [2.05, 4.69) is 15.5 Å². The smallest absolute Gasteiger partial charge is 0.265 e. The number of benzene rings is 2. The van der Waals surface area contributed by atoms with Crippen LogP contribution < -0.4 is 14.8 Å². The number of nitrogens with one attached hydrogen (secondary N) is 1. The highest BCUT2D eigenvalue weighted by Crippen LogP contribution is 2.57. The van der Waals surface area contributed by atoms with Crippen LogP contribution in [0, 0.1) is 11.8 Å². The zero-order valence-corrected chi connectivity index (χ0v) is 27.5. The van der Waals surface area contributed by atoms with Crippen molar-refractivity contribution in [2.75, 3.05) is 26.0 Å². The summed E-state index contributed by atoms with van der Waals surface area (Å²) in [6.07, 6.45) is 0.405. The van der Waals surface area contributed by atoms with E-state index in [1.165, 1.54) is 0 Å². The molecule has 248 valence electrons. The number of anilines is 1. The van der Waals surface area contributed by atoms with E-state index >= 15 is 0 Å². The van der Waals surface area contributed by atoms with Gasteiger partial charge in [0.2, 0.25) is 11.6 Å². The Morgan fingerprint density at radius 2 is 1.67 bits per heavy atom. The topological polar surface area (TPSA) is 147 Å². The Kier molecular flexibility index (Phi) is 8.22. The van der Waals surface area contributed by atoms with Crippen LogP contribution in [0.3, 0.4) is 0 Å². The van der Waals surface area contributed by atoms with Crippen molar-refractivity contribution >= 4 is 34.7 Å². The minimum Gasteiger partial charge on any atom is -0.507 e. The first kappa shape index (κ1) is 31.9. The highest BCUT2D eigenvalue weighted by Gasteiger charge is 2.65. The van der Waals surface area contributed by atoms with Gasteiger partial charge in [0.15, 0.2) is 22.9 Å². The molecular weight excluding hydrogens is 636 g/mol. The minimum absolute atomic E-state index is 0.0481. The first-order chi connectivity index (χ1) is 23.2. The molecule has 1 fully saturated rings. The second-order valence-corrected chi connectivity index (χ2v) is 12.8. The van der Waals surface area contributed by atoms with Gasteiger partial charge in [-0.25, -0.2) is 4.98 Å². The van der Waals surface area contributed by atoms with E-state index < -0.39 is 40.8 Å². The molecule has 11 nitrogen and oxygen atoms in total. The van der Waals surface area contributed by atoms with Crippen LogP contribution in [0.25, 0.3) is 5.76 Å². The standard InChI is InChI=1S/C36H35ClN4O7/c1-4-41(3)27-23-16-21-15-22-25(30(34(38-2)39-33(22)37)46-17-19-11-7-5-8-12-19)28(42)24(21)31(43)36(23,45)32(44)26-29(27)48-40-35(26)47-18-20-13-9-6-10-14-20/h5-14,21,23,27,42,45H,4,15-18H2,1-3H3,(H,38,39)/t21-,23-,27-,36-/m0/s1. The SMILES string of the molecule is CCN(C)[C@@H]1c2onc(OCc3ccccc3)c2C(=O)[C@@]2(O)C(=O)C3=C(O)c4c(c(Cl)nc(NC)c4OCc4ccccc4)C[C@H]3C[C@@H]12. The molecule has 2 aromatic carbocycles. The number of hydrogen-bond acceptors (Lipinski definition) is 11. The third kappa shape index (κ3) is 4.96. The number of rotatable bonds is 9. The fourth-order valence-electron chi connectivity index (χ4n) is 7.30. The number of carbonyl (C=O) groups is 2. The van der Waals surface area contributed by atoms with E-state index in [-0.39, 0.29) is 71.1 Å². The van der Waals surface area contributed by atoms with E-state index in [0.29, 0.717) is 12.1 Å². The van der Waals surface area contributed by atoms with Crippen LogP contribution in [0.15, 0.2) is 70.8 Å². The molecule has 0 bridgehead atoms. The first-order valence-electron chi connectivity index (χ1n) is 15.9. The van der Waals surface area contributed by atoms with Crippen LogP contribution in [0.1, 0.15) is 57.8 Å². The van der Waals surface area contributed by atoms with Gasteiger partial charge in [-0.3, -0.25) is 14.5 Å². The van der Waals surface area contributed by atoms with Crippen molar-refractivity contribution in [1.29, 1.82) is 0 Å². The number of pyridine rings is 1. The Morgan fingerprint density at radius 3 is 2.29 bits per heavy atom. The number of halogens is 1. The van der Waals surface area contributed by atoms with Gasteiger partial charge in [0.1, 0.15) is 29.7 Å². The molecule has 0 amide bonds. The Balaban J connectivity index is 1.33. The molecule has 1 saturated carbocycles. The molecular formula is C36H35ClN4O7. The third-order valence-corrected chi connectivity index (χ3v) is 10.1. The Morgan fingerprint density at radius 1 is 1.02 bits per heavy atom. The molecule has 7 rings (SSSR count). The summed E-state index contributed by atoms with van der Waals surface area (Å²) >= 11 is 6.71. The molecule has 0 aliphatic heterocycles. The molecule has 4 aromatic rings. The van der Waals surface area contributed by atoms with Gasteiger partial charge >= 0.3 is 0 Å². The van der Waals surface area contributed by atoms with Crippen LogP contribution in [-0.4, -0.2) is 63.1 Å². The number of ether oxygens (including phenoxy) is 2. The number of aliphatic hydroxyl groups excluding tert-OH is 1. The van der Waals surface area contributed by atoms with Gasteiger partial charge in [0.05, 0.1) is 11.6 Å². The summed E-state index contributed by atoms with van der Waals surface area (Å²) in [6.45, 7) is 2.70. The van der Waals surface area contributed by atoms with Gasteiger partial charge < -0.3 is 29.5 Å². The first-order valence-corrected chi connectivity index (χ1v) is 16.3. The molecule has 3 aliphatic carbocycles. The summed E-state index contributed by atoms with van der Waals surface area (Å²) in [5.74, 6) is -3.01. The summed E-state index contributed by atoms with van der Waals surface area (Å²) in [5.41, 5.74) is -0.208. The lowest BCUT2D eigenvalue weighted by Crippen LogP contribution is -2.63. The maximum atomic E-state index is 14.7. The van der Waals surface area contributed by atoms with Crippen molar-refractivity contribution in [3.63, 3.8) is 0 Å². The Bertz CT molecular complexity index is 1930. The number of fused-ring (bicyclic) bond motifs is 4.